The van der Waals surface area contributed by atoms with Gasteiger partial charge in [0.05, 0.1) is 38.8 Å². The van der Waals surface area contributed by atoms with Crippen molar-refractivity contribution in [2.45, 2.75) is 45.1 Å². The van der Waals surface area contributed by atoms with Crippen LogP contribution in [-0.2, 0) is 11.3 Å². The van der Waals surface area contributed by atoms with E-state index in [0.29, 0.717) is 5.91 Å². The SMILES string of the molecule is COc1ccc(OC)c(C[NH+]2CCC[C@H](C(=O)N3CCCCCC3)C2)c1. The molecule has 1 aromatic rings. The highest BCUT2D eigenvalue weighted by Crippen LogP contribution is 2.23. The van der Waals surface area contributed by atoms with Gasteiger partial charge in [0.15, 0.2) is 0 Å². The van der Waals surface area contributed by atoms with Gasteiger partial charge in [0.2, 0.25) is 5.91 Å². The molecule has 2 atom stereocenters. The number of benzene rings is 1. The Morgan fingerprint density at radius 3 is 2.58 bits per heavy atom. The number of likely N-dealkylation sites (tertiary alicyclic amines) is 2. The number of piperidine rings is 1. The molecule has 0 bridgehead atoms. The molecule has 2 saturated heterocycles. The highest BCUT2D eigenvalue weighted by molar-refractivity contribution is 5.79. The summed E-state index contributed by atoms with van der Waals surface area (Å²) in [6, 6.07) is 5.96. The molecule has 2 aliphatic heterocycles. The van der Waals surface area contributed by atoms with E-state index in [2.05, 4.69) is 11.0 Å². The minimum absolute atomic E-state index is 0.174. The maximum atomic E-state index is 13.0. The lowest BCUT2D eigenvalue weighted by Gasteiger charge is -2.32. The summed E-state index contributed by atoms with van der Waals surface area (Å²) in [7, 11) is 3.40. The number of quaternary nitrogens is 1. The van der Waals surface area contributed by atoms with Crippen molar-refractivity contribution in [2.24, 2.45) is 5.92 Å². The Hall–Kier alpha value is -1.75. The van der Waals surface area contributed by atoms with Gasteiger partial charge in [0, 0.05) is 13.1 Å². The smallest absolute Gasteiger partial charge is 0.231 e. The van der Waals surface area contributed by atoms with E-state index in [4.69, 9.17) is 9.47 Å². The first-order valence-corrected chi connectivity index (χ1v) is 10.0. The van der Waals surface area contributed by atoms with Crippen LogP contribution in [0.1, 0.15) is 44.1 Å². The summed E-state index contributed by atoms with van der Waals surface area (Å²) in [5, 5.41) is 0. The van der Waals surface area contributed by atoms with Crippen LogP contribution < -0.4 is 14.4 Å². The number of carbonyl (C=O) groups excluding carboxylic acids is 1. The van der Waals surface area contributed by atoms with Gasteiger partial charge >= 0.3 is 0 Å². The summed E-state index contributed by atoms with van der Waals surface area (Å²) in [6.07, 6.45) is 7.01. The van der Waals surface area contributed by atoms with Gasteiger partial charge < -0.3 is 19.3 Å². The largest absolute Gasteiger partial charge is 0.497 e. The van der Waals surface area contributed by atoms with E-state index in [1.807, 2.05) is 12.1 Å². The molecule has 2 heterocycles. The second-order valence-corrected chi connectivity index (χ2v) is 7.64. The number of hydrogen-bond acceptors (Lipinski definition) is 3. The van der Waals surface area contributed by atoms with E-state index in [9.17, 15) is 4.79 Å². The summed E-state index contributed by atoms with van der Waals surface area (Å²) in [5.41, 5.74) is 1.16. The van der Waals surface area contributed by atoms with Crippen LogP contribution in [0.3, 0.4) is 0 Å². The van der Waals surface area contributed by atoms with Gasteiger partial charge in [-0.3, -0.25) is 4.79 Å². The quantitative estimate of drug-likeness (QED) is 0.871. The average Bonchev–Trinajstić information content (AvgIpc) is 2.97. The third-order valence-electron chi connectivity index (χ3n) is 5.81. The first-order chi connectivity index (χ1) is 12.7. The van der Waals surface area contributed by atoms with Crippen molar-refractivity contribution in [3.63, 3.8) is 0 Å². The molecule has 1 aromatic carbocycles. The van der Waals surface area contributed by atoms with E-state index < -0.39 is 0 Å². The summed E-state index contributed by atoms with van der Waals surface area (Å²) < 4.78 is 10.9. The van der Waals surface area contributed by atoms with Crippen LogP contribution in [0.25, 0.3) is 0 Å². The van der Waals surface area contributed by atoms with Crippen molar-refractivity contribution in [1.82, 2.24) is 4.90 Å². The Morgan fingerprint density at radius 2 is 1.88 bits per heavy atom. The van der Waals surface area contributed by atoms with Gasteiger partial charge in [-0.15, -0.1) is 0 Å². The number of nitrogens with one attached hydrogen (secondary N) is 1. The van der Waals surface area contributed by atoms with Crippen molar-refractivity contribution in [3.05, 3.63) is 23.8 Å². The molecule has 1 amide bonds. The molecular weight excluding hydrogens is 328 g/mol. The molecule has 2 aliphatic rings. The second-order valence-electron chi connectivity index (χ2n) is 7.64. The van der Waals surface area contributed by atoms with Crippen LogP contribution in [-0.4, -0.2) is 51.2 Å². The maximum absolute atomic E-state index is 13.0. The zero-order valence-electron chi connectivity index (χ0n) is 16.3. The number of nitrogens with zero attached hydrogens (tertiary/aromatic N) is 1. The third-order valence-corrected chi connectivity index (χ3v) is 5.81. The third kappa shape index (κ3) is 4.70. The lowest BCUT2D eigenvalue weighted by Crippen LogP contribution is -3.12. The van der Waals surface area contributed by atoms with Crippen molar-refractivity contribution >= 4 is 5.91 Å². The fraction of sp³-hybridized carbons (Fsp3) is 0.667. The molecule has 3 rings (SSSR count). The van der Waals surface area contributed by atoms with E-state index in [-0.39, 0.29) is 5.92 Å². The van der Waals surface area contributed by atoms with Gasteiger partial charge in [-0.25, -0.2) is 0 Å². The monoisotopic (exact) mass is 361 g/mol. The molecule has 144 valence electrons. The van der Waals surface area contributed by atoms with Crippen LogP contribution in [0.2, 0.25) is 0 Å². The summed E-state index contributed by atoms with van der Waals surface area (Å²) >= 11 is 0. The zero-order valence-corrected chi connectivity index (χ0v) is 16.3. The molecule has 0 saturated carbocycles. The van der Waals surface area contributed by atoms with E-state index in [1.165, 1.54) is 17.7 Å². The first-order valence-electron chi connectivity index (χ1n) is 10.0. The topological polar surface area (TPSA) is 43.2 Å². The van der Waals surface area contributed by atoms with Crippen LogP contribution >= 0.6 is 0 Å². The number of amides is 1. The Labute approximate surface area is 157 Å². The normalized spacial score (nSPS) is 24.0. The van der Waals surface area contributed by atoms with Gasteiger partial charge in [0.1, 0.15) is 18.0 Å². The average molecular weight is 362 g/mol. The van der Waals surface area contributed by atoms with Gasteiger partial charge in [0.25, 0.3) is 0 Å². The van der Waals surface area contributed by atoms with Crippen LogP contribution in [0, 0.1) is 5.92 Å². The Morgan fingerprint density at radius 1 is 1.12 bits per heavy atom. The fourth-order valence-electron chi connectivity index (χ4n) is 4.36. The molecule has 5 nitrogen and oxygen atoms in total. The fourth-order valence-corrected chi connectivity index (χ4v) is 4.36. The highest BCUT2D eigenvalue weighted by atomic mass is 16.5. The minimum atomic E-state index is 0.174. The van der Waals surface area contributed by atoms with Gasteiger partial charge in [-0.1, -0.05) is 12.8 Å². The molecule has 5 heteroatoms. The molecule has 2 fully saturated rings. The molecule has 0 aromatic heterocycles. The Kier molecular flexibility index (Phi) is 6.78. The number of carbonyl (C=O) groups is 1. The first kappa shape index (κ1) is 19.0. The number of ether oxygens (including phenoxy) is 2. The lowest BCUT2D eigenvalue weighted by atomic mass is 9.95. The van der Waals surface area contributed by atoms with Crippen molar-refractivity contribution < 1.29 is 19.2 Å². The summed E-state index contributed by atoms with van der Waals surface area (Å²) in [4.78, 5) is 16.6. The molecular formula is C21H33N2O3+. The predicted molar refractivity (Wildman–Crippen MR) is 102 cm³/mol. The molecule has 0 spiro atoms. The minimum Gasteiger partial charge on any atom is -0.497 e. The van der Waals surface area contributed by atoms with Crippen LogP contribution in [0.15, 0.2) is 18.2 Å². The van der Waals surface area contributed by atoms with Crippen molar-refractivity contribution in [1.29, 1.82) is 0 Å². The maximum Gasteiger partial charge on any atom is 0.231 e. The number of methoxy groups -OCH3 is 2. The highest BCUT2D eigenvalue weighted by Gasteiger charge is 2.32. The molecule has 0 radical (unpaired) electrons. The van der Waals surface area contributed by atoms with E-state index >= 15 is 0 Å². The number of hydrogen-bond donors (Lipinski definition) is 1. The van der Waals surface area contributed by atoms with Crippen molar-refractivity contribution in [3.8, 4) is 11.5 Å². The Balaban J connectivity index is 1.64. The number of rotatable bonds is 5. The summed E-state index contributed by atoms with van der Waals surface area (Å²) in [5.74, 6) is 2.32. The van der Waals surface area contributed by atoms with Crippen LogP contribution in [0.5, 0.6) is 11.5 Å². The summed E-state index contributed by atoms with van der Waals surface area (Å²) in [6.45, 7) is 4.83. The second kappa shape index (κ2) is 9.26. The van der Waals surface area contributed by atoms with Gasteiger partial charge in [-0.2, -0.15) is 0 Å². The molecule has 1 N–H and O–H groups in total. The molecule has 1 unspecified atom stereocenters. The van der Waals surface area contributed by atoms with Crippen LogP contribution in [0.4, 0.5) is 0 Å². The van der Waals surface area contributed by atoms with Gasteiger partial charge in [-0.05, 0) is 43.9 Å². The Bertz CT molecular complexity index is 597. The van der Waals surface area contributed by atoms with Crippen molar-refractivity contribution in [2.75, 3.05) is 40.4 Å². The van der Waals surface area contributed by atoms with E-state index in [0.717, 1.165) is 75.5 Å². The molecule has 0 aliphatic carbocycles. The lowest BCUT2D eigenvalue weighted by molar-refractivity contribution is -0.921. The predicted octanol–water partition coefficient (Wildman–Crippen LogP) is 1.90. The standard InChI is InChI=1S/C21H32N2O3/c1-25-19-9-10-20(26-2)18(14-19)16-22-11-7-8-17(15-22)21(24)23-12-5-3-4-6-13-23/h9-10,14,17H,3-8,11-13,15-16H2,1-2H3/p+1/t17-/m0/s1. The molecule has 26 heavy (non-hydrogen) atoms. The zero-order chi connectivity index (χ0) is 18.4. The van der Waals surface area contributed by atoms with E-state index in [1.54, 1.807) is 14.2 Å².